The molecule has 1 N–H and O–H groups in total. The Morgan fingerprint density at radius 2 is 2.08 bits per heavy atom. The lowest BCUT2D eigenvalue weighted by molar-refractivity contribution is 0.0696. The van der Waals surface area contributed by atoms with Crippen molar-refractivity contribution in [1.82, 2.24) is 5.16 Å². The summed E-state index contributed by atoms with van der Waals surface area (Å²) in [6, 6.07) is 9.55. The van der Waals surface area contributed by atoms with Gasteiger partial charge in [0.1, 0.15) is 4.47 Å². The molecule has 0 aliphatic rings. The van der Waals surface area contributed by atoms with Crippen LogP contribution in [0.2, 0.25) is 0 Å². The van der Waals surface area contributed by atoms with Crippen LogP contribution in [0, 0.1) is 6.92 Å². The number of rotatable bonds is 4. The summed E-state index contributed by atoms with van der Waals surface area (Å²) in [5.74, 6) is -1.20. The zero-order chi connectivity index (χ0) is 17.3. The van der Waals surface area contributed by atoms with Crippen molar-refractivity contribution < 1.29 is 19.2 Å². The molecule has 1 aromatic carbocycles. The van der Waals surface area contributed by atoms with Crippen molar-refractivity contribution in [2.45, 2.75) is 6.92 Å². The molecule has 0 bridgehead atoms. The highest BCUT2D eigenvalue weighted by atomic mass is 79.9. The fraction of sp³-hybridized carbons (Fsp3) is 0.0625. The average Bonchev–Trinajstić information content (AvgIpc) is 3.21. The van der Waals surface area contributed by atoms with Crippen LogP contribution in [0.15, 0.2) is 50.8 Å². The number of hydrogen-bond acceptors (Lipinski definition) is 5. The maximum Gasteiger partial charge on any atom is 0.335 e. The van der Waals surface area contributed by atoms with Gasteiger partial charge < -0.3 is 9.63 Å². The number of halogens is 1. The summed E-state index contributed by atoms with van der Waals surface area (Å²) >= 11 is 4.65. The molecule has 0 aliphatic carbocycles. The number of carboxylic acids is 1. The van der Waals surface area contributed by atoms with Crippen LogP contribution in [-0.2, 0) is 0 Å². The predicted octanol–water partition coefficient (Wildman–Crippen LogP) is 4.48. The number of aromatic nitrogens is 1. The molecule has 2 aromatic heterocycles. The second kappa shape index (κ2) is 6.58. The summed E-state index contributed by atoms with van der Waals surface area (Å²) in [5, 5.41) is 14.8. The Hall–Kier alpha value is -2.45. The molecule has 24 heavy (non-hydrogen) atoms. The third-order valence-corrected chi connectivity index (χ3v) is 5.03. The Kier molecular flexibility index (Phi) is 4.50. The Balaban J connectivity index is 2.15. The molecule has 0 saturated carbocycles. The van der Waals surface area contributed by atoms with E-state index in [9.17, 15) is 14.7 Å². The van der Waals surface area contributed by atoms with Crippen LogP contribution >= 0.6 is 27.3 Å². The SMILES string of the molecule is Cc1noc(N(C(=O)c2cccs2)c2cccc(C(=O)O)c2)c1Br. The van der Waals surface area contributed by atoms with Gasteiger partial charge in [-0.25, -0.2) is 9.69 Å². The molecular weight excluding hydrogens is 396 g/mol. The molecule has 6 nitrogen and oxygen atoms in total. The lowest BCUT2D eigenvalue weighted by Gasteiger charge is -2.19. The topological polar surface area (TPSA) is 83.6 Å². The van der Waals surface area contributed by atoms with E-state index in [0.29, 0.717) is 20.7 Å². The predicted molar refractivity (Wildman–Crippen MR) is 93.1 cm³/mol. The summed E-state index contributed by atoms with van der Waals surface area (Å²) in [6.45, 7) is 1.73. The van der Waals surface area contributed by atoms with Crippen molar-refractivity contribution in [2.24, 2.45) is 0 Å². The van der Waals surface area contributed by atoms with Crippen LogP contribution in [0.1, 0.15) is 25.7 Å². The Labute approximate surface area is 149 Å². The molecular formula is C16H11BrN2O4S. The molecule has 0 fully saturated rings. The van der Waals surface area contributed by atoms with Crippen LogP contribution < -0.4 is 4.90 Å². The van der Waals surface area contributed by atoms with Crippen molar-refractivity contribution in [2.75, 3.05) is 4.90 Å². The Morgan fingerprint density at radius 3 is 2.67 bits per heavy atom. The maximum absolute atomic E-state index is 12.9. The lowest BCUT2D eigenvalue weighted by Crippen LogP contribution is -2.25. The molecule has 3 aromatic rings. The number of amides is 1. The van der Waals surface area contributed by atoms with E-state index in [0.717, 1.165) is 0 Å². The molecule has 0 unspecified atom stereocenters. The minimum atomic E-state index is -1.08. The fourth-order valence-electron chi connectivity index (χ4n) is 2.10. The molecule has 8 heteroatoms. The van der Waals surface area contributed by atoms with E-state index < -0.39 is 5.97 Å². The second-order valence-corrected chi connectivity index (χ2v) is 6.60. The largest absolute Gasteiger partial charge is 0.478 e. The van der Waals surface area contributed by atoms with E-state index in [1.54, 1.807) is 36.6 Å². The number of benzene rings is 1. The molecule has 2 heterocycles. The van der Waals surface area contributed by atoms with Crippen molar-refractivity contribution in [3.05, 3.63) is 62.4 Å². The van der Waals surface area contributed by atoms with Crippen LogP contribution in [0.3, 0.4) is 0 Å². The third-order valence-electron chi connectivity index (χ3n) is 3.26. The first-order valence-electron chi connectivity index (χ1n) is 6.82. The summed E-state index contributed by atoms with van der Waals surface area (Å²) in [7, 11) is 0. The van der Waals surface area contributed by atoms with Crippen molar-refractivity contribution >= 4 is 50.7 Å². The van der Waals surface area contributed by atoms with Crippen molar-refractivity contribution in [3.8, 4) is 0 Å². The van der Waals surface area contributed by atoms with E-state index in [1.165, 1.54) is 28.4 Å². The van der Waals surface area contributed by atoms with Crippen LogP contribution in [0.25, 0.3) is 0 Å². The van der Waals surface area contributed by atoms with Gasteiger partial charge >= 0.3 is 5.97 Å². The summed E-state index contributed by atoms with van der Waals surface area (Å²) in [6.07, 6.45) is 0. The van der Waals surface area contributed by atoms with Gasteiger partial charge in [0.05, 0.1) is 21.8 Å². The molecule has 3 rings (SSSR count). The second-order valence-electron chi connectivity index (χ2n) is 4.86. The normalized spacial score (nSPS) is 10.6. The van der Waals surface area contributed by atoms with Crippen LogP contribution in [0.4, 0.5) is 11.6 Å². The van der Waals surface area contributed by atoms with Crippen LogP contribution in [0.5, 0.6) is 0 Å². The molecule has 1 amide bonds. The van der Waals surface area contributed by atoms with Gasteiger partial charge in [0.25, 0.3) is 11.8 Å². The van der Waals surface area contributed by atoms with Gasteiger partial charge in [0, 0.05) is 0 Å². The summed E-state index contributed by atoms with van der Waals surface area (Å²) < 4.78 is 5.83. The van der Waals surface area contributed by atoms with E-state index in [4.69, 9.17) is 4.52 Å². The molecule has 0 radical (unpaired) electrons. The number of carboxylic acid groups (broad SMARTS) is 1. The first-order valence-corrected chi connectivity index (χ1v) is 8.49. The summed E-state index contributed by atoms with van der Waals surface area (Å²) in [5.41, 5.74) is 1.04. The monoisotopic (exact) mass is 406 g/mol. The average molecular weight is 407 g/mol. The Morgan fingerprint density at radius 1 is 1.29 bits per heavy atom. The number of aromatic carboxylic acids is 1. The maximum atomic E-state index is 12.9. The quantitative estimate of drug-likeness (QED) is 0.689. The fourth-order valence-corrected chi connectivity index (χ4v) is 3.08. The highest BCUT2D eigenvalue weighted by Crippen LogP contribution is 2.36. The van der Waals surface area contributed by atoms with Crippen molar-refractivity contribution in [1.29, 1.82) is 0 Å². The molecule has 0 aliphatic heterocycles. The number of carbonyl (C=O) groups excluding carboxylic acids is 1. The smallest absolute Gasteiger partial charge is 0.335 e. The van der Waals surface area contributed by atoms with Gasteiger partial charge in [-0.15, -0.1) is 11.3 Å². The lowest BCUT2D eigenvalue weighted by atomic mass is 10.2. The van der Waals surface area contributed by atoms with Gasteiger partial charge in [-0.2, -0.15) is 0 Å². The van der Waals surface area contributed by atoms with E-state index in [-0.39, 0.29) is 17.4 Å². The first kappa shape index (κ1) is 16.4. The molecule has 0 saturated heterocycles. The molecule has 0 spiro atoms. The highest BCUT2D eigenvalue weighted by molar-refractivity contribution is 9.10. The highest BCUT2D eigenvalue weighted by Gasteiger charge is 2.27. The minimum absolute atomic E-state index is 0.0730. The van der Waals surface area contributed by atoms with Gasteiger partial charge in [-0.1, -0.05) is 17.3 Å². The van der Waals surface area contributed by atoms with Gasteiger partial charge in [-0.05, 0) is 52.5 Å². The summed E-state index contributed by atoms with van der Waals surface area (Å²) in [4.78, 5) is 26.0. The molecule has 0 atom stereocenters. The minimum Gasteiger partial charge on any atom is -0.478 e. The standard InChI is InChI=1S/C16H11BrN2O4S/c1-9-13(17)15(23-18-9)19(14(20)12-6-3-7-24-12)11-5-2-4-10(8-11)16(21)22/h2-8H,1H3,(H,21,22). The number of anilines is 2. The van der Waals surface area contributed by atoms with Gasteiger partial charge in [-0.3, -0.25) is 4.79 Å². The van der Waals surface area contributed by atoms with Gasteiger partial charge in [0.2, 0.25) is 0 Å². The molecule has 122 valence electrons. The Bertz CT molecular complexity index is 905. The third kappa shape index (κ3) is 2.98. The van der Waals surface area contributed by atoms with Crippen molar-refractivity contribution in [3.63, 3.8) is 0 Å². The first-order chi connectivity index (χ1) is 11.5. The number of carbonyl (C=O) groups is 2. The van der Waals surface area contributed by atoms with Crippen LogP contribution in [-0.4, -0.2) is 22.1 Å². The number of hydrogen-bond donors (Lipinski definition) is 1. The van der Waals surface area contributed by atoms with E-state index in [2.05, 4.69) is 21.1 Å². The van der Waals surface area contributed by atoms with Gasteiger partial charge in [0.15, 0.2) is 0 Å². The van der Waals surface area contributed by atoms with E-state index in [1.807, 2.05) is 0 Å². The number of nitrogens with zero attached hydrogens (tertiary/aromatic N) is 2. The zero-order valence-corrected chi connectivity index (χ0v) is 14.8. The number of thiophene rings is 1. The van der Waals surface area contributed by atoms with E-state index >= 15 is 0 Å². The zero-order valence-electron chi connectivity index (χ0n) is 12.4. The number of aryl methyl sites for hydroxylation is 1.